The Kier molecular flexibility index (Phi) is 2.92. The lowest BCUT2D eigenvalue weighted by Crippen LogP contribution is -2.11. The predicted molar refractivity (Wildman–Crippen MR) is 70.0 cm³/mol. The van der Waals surface area contributed by atoms with Crippen molar-refractivity contribution in [3.63, 3.8) is 0 Å². The van der Waals surface area contributed by atoms with E-state index >= 15 is 0 Å². The smallest absolute Gasteiger partial charge is 0.120 e. The van der Waals surface area contributed by atoms with E-state index in [-0.39, 0.29) is 11.5 Å². The Hall–Kier alpha value is -1.06. The summed E-state index contributed by atoms with van der Waals surface area (Å²) in [5.41, 5.74) is 8.50. The maximum absolute atomic E-state index is 9.82. The molecule has 2 rings (SSSR count). The molecule has 0 radical (unpaired) electrons. The zero-order chi connectivity index (χ0) is 12.8. The van der Waals surface area contributed by atoms with Crippen molar-refractivity contribution >= 4 is 0 Å². The standard InChI is InChI=1S/C14H22N2O/c1-14(2)12(13(14)15)9-5-6-11(17)10(7-9)8-16(3)4/h5-7,12-13,17H,8,15H2,1-4H3. The van der Waals surface area contributed by atoms with Gasteiger partial charge in [0.25, 0.3) is 0 Å². The monoisotopic (exact) mass is 234 g/mol. The zero-order valence-electron chi connectivity index (χ0n) is 11.1. The molecule has 1 aromatic rings. The minimum Gasteiger partial charge on any atom is -0.508 e. The van der Waals surface area contributed by atoms with Crippen molar-refractivity contribution in [2.75, 3.05) is 14.1 Å². The number of nitrogens with two attached hydrogens (primary N) is 1. The second kappa shape index (κ2) is 4.00. The first-order chi connectivity index (χ1) is 7.84. The third-order valence-corrected chi connectivity index (χ3v) is 3.86. The fourth-order valence-electron chi connectivity index (χ4n) is 2.58. The van der Waals surface area contributed by atoms with Gasteiger partial charge in [-0.05, 0) is 31.1 Å². The average Bonchev–Trinajstić information content (AvgIpc) is 2.70. The number of nitrogens with zero attached hydrogens (tertiary/aromatic N) is 1. The zero-order valence-corrected chi connectivity index (χ0v) is 11.1. The van der Waals surface area contributed by atoms with Crippen molar-refractivity contribution in [1.29, 1.82) is 0 Å². The Morgan fingerprint density at radius 3 is 2.41 bits per heavy atom. The molecule has 17 heavy (non-hydrogen) atoms. The molecule has 94 valence electrons. The highest BCUT2D eigenvalue weighted by Crippen LogP contribution is 2.57. The summed E-state index contributed by atoms with van der Waals surface area (Å²) in [6, 6.07) is 6.11. The summed E-state index contributed by atoms with van der Waals surface area (Å²) >= 11 is 0. The molecule has 0 spiro atoms. The molecule has 0 aromatic heterocycles. The molecule has 0 bridgehead atoms. The normalized spacial score (nSPS) is 26.2. The van der Waals surface area contributed by atoms with Crippen LogP contribution in [0.25, 0.3) is 0 Å². The van der Waals surface area contributed by atoms with Gasteiger partial charge in [-0.15, -0.1) is 0 Å². The van der Waals surface area contributed by atoms with Crippen LogP contribution in [0.4, 0.5) is 0 Å². The van der Waals surface area contributed by atoms with Gasteiger partial charge in [-0.1, -0.05) is 26.0 Å². The molecule has 2 atom stereocenters. The lowest BCUT2D eigenvalue weighted by atomic mass is 10.0. The van der Waals surface area contributed by atoms with E-state index in [4.69, 9.17) is 5.73 Å². The van der Waals surface area contributed by atoms with Gasteiger partial charge in [0, 0.05) is 24.1 Å². The van der Waals surface area contributed by atoms with E-state index in [9.17, 15) is 5.11 Å². The highest BCUT2D eigenvalue weighted by atomic mass is 16.3. The Bertz CT molecular complexity index is 426. The number of phenolic OH excluding ortho intramolecular Hbond substituents is 1. The highest BCUT2D eigenvalue weighted by molar-refractivity contribution is 5.42. The number of aromatic hydroxyl groups is 1. The van der Waals surface area contributed by atoms with Gasteiger partial charge in [-0.3, -0.25) is 0 Å². The van der Waals surface area contributed by atoms with Crippen LogP contribution in [-0.4, -0.2) is 30.1 Å². The number of benzene rings is 1. The van der Waals surface area contributed by atoms with Crippen LogP contribution in [-0.2, 0) is 6.54 Å². The SMILES string of the molecule is CN(C)Cc1cc(C2C(N)C2(C)C)ccc1O. The molecular weight excluding hydrogens is 212 g/mol. The maximum atomic E-state index is 9.82. The van der Waals surface area contributed by atoms with Crippen LogP contribution in [0.2, 0.25) is 0 Å². The molecule has 1 aliphatic rings. The van der Waals surface area contributed by atoms with Gasteiger partial charge in [-0.25, -0.2) is 0 Å². The van der Waals surface area contributed by atoms with Gasteiger partial charge in [0.05, 0.1) is 0 Å². The van der Waals surface area contributed by atoms with Crippen LogP contribution in [0.5, 0.6) is 5.75 Å². The van der Waals surface area contributed by atoms with Gasteiger partial charge in [0.15, 0.2) is 0 Å². The summed E-state index contributed by atoms with van der Waals surface area (Å²) in [6.45, 7) is 5.14. The summed E-state index contributed by atoms with van der Waals surface area (Å²) in [5.74, 6) is 0.790. The topological polar surface area (TPSA) is 49.5 Å². The summed E-state index contributed by atoms with van der Waals surface area (Å²) in [6.07, 6.45) is 0. The van der Waals surface area contributed by atoms with Crippen molar-refractivity contribution < 1.29 is 5.11 Å². The number of rotatable bonds is 3. The van der Waals surface area contributed by atoms with Crippen LogP contribution >= 0.6 is 0 Å². The highest BCUT2D eigenvalue weighted by Gasteiger charge is 2.56. The molecule has 3 heteroatoms. The van der Waals surface area contributed by atoms with Crippen molar-refractivity contribution in [3.05, 3.63) is 29.3 Å². The maximum Gasteiger partial charge on any atom is 0.120 e. The largest absolute Gasteiger partial charge is 0.508 e. The number of hydrogen-bond acceptors (Lipinski definition) is 3. The Labute approximate surface area is 103 Å². The molecule has 3 nitrogen and oxygen atoms in total. The molecule has 1 aromatic carbocycles. The third kappa shape index (κ3) is 2.17. The van der Waals surface area contributed by atoms with Gasteiger partial charge in [0.1, 0.15) is 5.75 Å². The van der Waals surface area contributed by atoms with E-state index in [1.54, 1.807) is 6.07 Å². The minimum absolute atomic E-state index is 0.187. The Morgan fingerprint density at radius 2 is 1.94 bits per heavy atom. The van der Waals surface area contributed by atoms with E-state index in [0.717, 1.165) is 12.1 Å². The quantitative estimate of drug-likeness (QED) is 0.840. The van der Waals surface area contributed by atoms with E-state index in [1.165, 1.54) is 5.56 Å². The van der Waals surface area contributed by atoms with E-state index < -0.39 is 0 Å². The molecule has 3 N–H and O–H groups in total. The second-order valence-corrected chi connectivity index (χ2v) is 5.95. The fraction of sp³-hybridized carbons (Fsp3) is 0.571. The molecular formula is C14H22N2O. The summed E-state index contributed by atoms with van der Waals surface area (Å²) < 4.78 is 0. The molecule has 2 unspecified atom stereocenters. The lowest BCUT2D eigenvalue weighted by molar-refractivity contribution is 0.385. The van der Waals surface area contributed by atoms with Crippen LogP contribution in [0.15, 0.2) is 18.2 Å². The lowest BCUT2D eigenvalue weighted by Gasteiger charge is -2.13. The van der Waals surface area contributed by atoms with Gasteiger partial charge in [0.2, 0.25) is 0 Å². The fourth-order valence-corrected chi connectivity index (χ4v) is 2.58. The Morgan fingerprint density at radius 1 is 1.35 bits per heavy atom. The first-order valence-corrected chi connectivity index (χ1v) is 6.06. The number of phenols is 1. The number of hydrogen-bond donors (Lipinski definition) is 2. The van der Waals surface area contributed by atoms with Crippen LogP contribution in [0, 0.1) is 5.41 Å². The van der Waals surface area contributed by atoms with Gasteiger partial charge >= 0.3 is 0 Å². The van der Waals surface area contributed by atoms with Gasteiger partial charge in [-0.2, -0.15) is 0 Å². The molecule has 1 fully saturated rings. The van der Waals surface area contributed by atoms with Crippen molar-refractivity contribution in [3.8, 4) is 5.75 Å². The van der Waals surface area contributed by atoms with E-state index in [2.05, 4.69) is 24.8 Å². The van der Waals surface area contributed by atoms with Crippen LogP contribution in [0.1, 0.15) is 30.9 Å². The summed E-state index contributed by atoms with van der Waals surface area (Å²) in [4.78, 5) is 2.05. The van der Waals surface area contributed by atoms with E-state index in [0.29, 0.717) is 11.7 Å². The molecule has 1 aliphatic carbocycles. The minimum atomic E-state index is 0.187. The Balaban J connectivity index is 2.26. The molecule has 1 saturated carbocycles. The van der Waals surface area contributed by atoms with Crippen LogP contribution < -0.4 is 5.73 Å². The molecule has 0 aliphatic heterocycles. The van der Waals surface area contributed by atoms with Gasteiger partial charge < -0.3 is 15.7 Å². The molecule has 0 amide bonds. The van der Waals surface area contributed by atoms with Crippen molar-refractivity contribution in [2.45, 2.75) is 32.4 Å². The summed E-state index contributed by atoms with van der Waals surface area (Å²) in [5, 5.41) is 9.82. The predicted octanol–water partition coefficient (Wildman–Crippen LogP) is 1.90. The van der Waals surface area contributed by atoms with E-state index in [1.807, 2.05) is 20.2 Å². The van der Waals surface area contributed by atoms with Crippen LogP contribution in [0.3, 0.4) is 0 Å². The van der Waals surface area contributed by atoms with Crippen molar-refractivity contribution in [2.24, 2.45) is 11.1 Å². The molecule has 0 saturated heterocycles. The first-order valence-electron chi connectivity index (χ1n) is 6.06. The second-order valence-electron chi connectivity index (χ2n) is 5.95. The molecule has 0 heterocycles. The average molecular weight is 234 g/mol. The third-order valence-electron chi connectivity index (χ3n) is 3.86. The summed E-state index contributed by atoms with van der Waals surface area (Å²) in [7, 11) is 4.00. The van der Waals surface area contributed by atoms with Crippen molar-refractivity contribution in [1.82, 2.24) is 4.90 Å². The first kappa shape index (κ1) is 12.4.